The second-order valence-corrected chi connectivity index (χ2v) is 6.17. The molecule has 0 aromatic carbocycles. The average Bonchev–Trinajstić information content (AvgIpc) is 3.15. The summed E-state index contributed by atoms with van der Waals surface area (Å²) in [7, 11) is 1.93. The highest BCUT2D eigenvalue weighted by Gasteiger charge is 2.27. The van der Waals surface area contributed by atoms with Gasteiger partial charge in [-0.2, -0.15) is 5.26 Å². The molecule has 1 saturated heterocycles. The molecule has 0 unspecified atom stereocenters. The summed E-state index contributed by atoms with van der Waals surface area (Å²) in [4.78, 5) is 16.9. The molecule has 0 saturated carbocycles. The van der Waals surface area contributed by atoms with Crippen LogP contribution in [0.2, 0.25) is 0 Å². The SMILES string of the molecule is Cn1cncc1[C@@H]1C[C@@H](NC(=O)c2sccc2C#N)CCO1. The highest BCUT2D eigenvalue weighted by atomic mass is 32.1. The number of thiophene rings is 1. The van der Waals surface area contributed by atoms with Crippen LogP contribution in [0.25, 0.3) is 0 Å². The van der Waals surface area contributed by atoms with Crippen LogP contribution in [0, 0.1) is 11.3 Å². The maximum Gasteiger partial charge on any atom is 0.262 e. The summed E-state index contributed by atoms with van der Waals surface area (Å²) in [6, 6.07) is 3.75. The largest absolute Gasteiger partial charge is 0.372 e. The number of hydrogen-bond donors (Lipinski definition) is 1. The van der Waals surface area contributed by atoms with E-state index in [2.05, 4.69) is 10.3 Å². The number of aryl methyl sites for hydroxylation is 1. The van der Waals surface area contributed by atoms with E-state index >= 15 is 0 Å². The fourth-order valence-corrected chi connectivity index (χ4v) is 3.38. The minimum atomic E-state index is -0.179. The standard InChI is InChI=1S/C15H16N4O2S/c1-19-9-17-8-12(19)13-6-11(2-4-21-13)18-15(20)14-10(7-16)3-5-22-14/h3,5,8-9,11,13H,2,4,6H2,1H3,(H,18,20)/t11-,13-/m0/s1. The van der Waals surface area contributed by atoms with E-state index < -0.39 is 0 Å². The fraction of sp³-hybridized carbons (Fsp3) is 0.400. The van der Waals surface area contributed by atoms with Gasteiger partial charge in [0, 0.05) is 19.7 Å². The van der Waals surface area contributed by atoms with Crippen molar-refractivity contribution in [3.63, 3.8) is 0 Å². The van der Waals surface area contributed by atoms with Crippen molar-refractivity contribution < 1.29 is 9.53 Å². The first-order chi connectivity index (χ1) is 10.7. The molecule has 114 valence electrons. The lowest BCUT2D eigenvalue weighted by Crippen LogP contribution is -2.40. The van der Waals surface area contributed by atoms with Crippen LogP contribution >= 0.6 is 11.3 Å². The minimum Gasteiger partial charge on any atom is -0.372 e. The highest BCUT2D eigenvalue weighted by molar-refractivity contribution is 7.12. The lowest BCUT2D eigenvalue weighted by molar-refractivity contribution is -0.00298. The second-order valence-electron chi connectivity index (χ2n) is 5.26. The van der Waals surface area contributed by atoms with E-state index in [0.29, 0.717) is 23.5 Å². The van der Waals surface area contributed by atoms with E-state index in [0.717, 1.165) is 12.1 Å². The maximum absolute atomic E-state index is 12.3. The summed E-state index contributed by atoms with van der Waals surface area (Å²) in [6.45, 7) is 0.594. The summed E-state index contributed by atoms with van der Waals surface area (Å²) < 4.78 is 7.72. The number of amides is 1. The van der Waals surface area contributed by atoms with E-state index in [1.54, 1.807) is 24.0 Å². The van der Waals surface area contributed by atoms with E-state index in [4.69, 9.17) is 10.00 Å². The summed E-state index contributed by atoms with van der Waals surface area (Å²) in [5, 5.41) is 13.8. The predicted molar refractivity (Wildman–Crippen MR) is 81.4 cm³/mol. The van der Waals surface area contributed by atoms with E-state index in [1.165, 1.54) is 11.3 Å². The molecular formula is C15H16N4O2S. The Hall–Kier alpha value is -2.17. The third-order valence-corrected chi connectivity index (χ3v) is 4.71. The molecule has 3 rings (SSSR count). The molecule has 6 nitrogen and oxygen atoms in total. The molecule has 0 bridgehead atoms. The first-order valence-corrected chi connectivity index (χ1v) is 7.93. The van der Waals surface area contributed by atoms with Gasteiger partial charge in [-0.15, -0.1) is 11.3 Å². The maximum atomic E-state index is 12.3. The number of ether oxygens (including phenoxy) is 1. The van der Waals surface area contributed by atoms with Gasteiger partial charge in [0.15, 0.2) is 0 Å². The van der Waals surface area contributed by atoms with Gasteiger partial charge in [-0.3, -0.25) is 4.79 Å². The minimum absolute atomic E-state index is 0.0368. The van der Waals surface area contributed by atoms with Crippen molar-refractivity contribution in [1.82, 2.24) is 14.9 Å². The molecule has 2 aromatic heterocycles. The van der Waals surface area contributed by atoms with Gasteiger partial charge < -0.3 is 14.6 Å². The molecule has 2 atom stereocenters. The number of nitrogens with one attached hydrogen (secondary N) is 1. The van der Waals surface area contributed by atoms with Crippen LogP contribution in [0.4, 0.5) is 0 Å². The first kappa shape index (κ1) is 14.8. The van der Waals surface area contributed by atoms with Crippen LogP contribution in [0.5, 0.6) is 0 Å². The molecule has 0 spiro atoms. The number of carbonyl (C=O) groups excluding carboxylic acids is 1. The Balaban J connectivity index is 1.67. The molecule has 1 fully saturated rings. The normalized spacial score (nSPS) is 21.3. The summed E-state index contributed by atoms with van der Waals surface area (Å²) in [6.07, 6.45) is 4.95. The van der Waals surface area contributed by atoms with Gasteiger partial charge in [-0.25, -0.2) is 4.98 Å². The second kappa shape index (κ2) is 6.30. The Labute approximate surface area is 132 Å². The van der Waals surface area contributed by atoms with Crippen molar-refractivity contribution in [2.75, 3.05) is 6.61 Å². The van der Waals surface area contributed by atoms with Gasteiger partial charge in [0.2, 0.25) is 0 Å². The van der Waals surface area contributed by atoms with E-state index in [-0.39, 0.29) is 18.1 Å². The van der Waals surface area contributed by atoms with Crippen LogP contribution in [0.3, 0.4) is 0 Å². The van der Waals surface area contributed by atoms with Crippen LogP contribution in [0.1, 0.15) is 39.9 Å². The number of nitrogens with zero attached hydrogens (tertiary/aromatic N) is 3. The topological polar surface area (TPSA) is 79.9 Å². The van der Waals surface area contributed by atoms with Gasteiger partial charge >= 0.3 is 0 Å². The van der Waals surface area contributed by atoms with Crippen molar-refractivity contribution >= 4 is 17.2 Å². The van der Waals surface area contributed by atoms with Crippen molar-refractivity contribution in [1.29, 1.82) is 5.26 Å². The smallest absolute Gasteiger partial charge is 0.262 e. The Morgan fingerprint density at radius 3 is 3.23 bits per heavy atom. The molecule has 1 amide bonds. The number of imidazole rings is 1. The summed E-state index contributed by atoms with van der Waals surface area (Å²) in [5.41, 5.74) is 1.44. The molecule has 0 radical (unpaired) electrons. The van der Waals surface area contributed by atoms with Crippen LogP contribution in [-0.2, 0) is 11.8 Å². The van der Waals surface area contributed by atoms with Crippen molar-refractivity contribution in [3.05, 3.63) is 40.1 Å². The van der Waals surface area contributed by atoms with Crippen molar-refractivity contribution in [3.8, 4) is 6.07 Å². The van der Waals surface area contributed by atoms with Gasteiger partial charge in [0.05, 0.1) is 23.8 Å². The van der Waals surface area contributed by atoms with Gasteiger partial charge in [-0.05, 0) is 24.3 Å². The van der Waals surface area contributed by atoms with Crippen molar-refractivity contribution in [2.45, 2.75) is 25.0 Å². The zero-order valence-corrected chi connectivity index (χ0v) is 13.0. The summed E-state index contributed by atoms with van der Waals surface area (Å²) >= 11 is 1.29. The number of carbonyl (C=O) groups is 1. The van der Waals surface area contributed by atoms with Gasteiger partial charge in [0.1, 0.15) is 17.1 Å². The third-order valence-electron chi connectivity index (χ3n) is 3.79. The molecule has 1 aliphatic heterocycles. The molecule has 1 aliphatic rings. The molecule has 0 aliphatic carbocycles. The first-order valence-electron chi connectivity index (χ1n) is 7.05. The lowest BCUT2D eigenvalue weighted by atomic mass is 10.0. The Bertz CT molecular complexity index is 715. The number of hydrogen-bond acceptors (Lipinski definition) is 5. The highest BCUT2D eigenvalue weighted by Crippen LogP contribution is 2.28. The number of rotatable bonds is 3. The lowest BCUT2D eigenvalue weighted by Gasteiger charge is -2.30. The van der Waals surface area contributed by atoms with Crippen LogP contribution in [-0.4, -0.2) is 28.1 Å². The molecule has 3 heterocycles. The zero-order valence-electron chi connectivity index (χ0n) is 12.2. The monoisotopic (exact) mass is 316 g/mol. The molecule has 2 aromatic rings. The number of nitriles is 1. The Morgan fingerprint density at radius 2 is 2.50 bits per heavy atom. The molecule has 22 heavy (non-hydrogen) atoms. The molecular weight excluding hydrogens is 300 g/mol. The average molecular weight is 316 g/mol. The summed E-state index contributed by atoms with van der Waals surface area (Å²) in [5.74, 6) is -0.179. The molecule has 1 N–H and O–H groups in total. The van der Waals surface area contributed by atoms with Crippen LogP contribution < -0.4 is 5.32 Å². The van der Waals surface area contributed by atoms with Crippen LogP contribution in [0.15, 0.2) is 24.0 Å². The zero-order chi connectivity index (χ0) is 15.5. The molecule has 7 heteroatoms. The Kier molecular flexibility index (Phi) is 4.22. The quantitative estimate of drug-likeness (QED) is 0.939. The van der Waals surface area contributed by atoms with Gasteiger partial charge in [-0.1, -0.05) is 0 Å². The van der Waals surface area contributed by atoms with Crippen molar-refractivity contribution in [2.24, 2.45) is 7.05 Å². The van der Waals surface area contributed by atoms with Gasteiger partial charge in [0.25, 0.3) is 5.91 Å². The number of aromatic nitrogens is 2. The van der Waals surface area contributed by atoms with E-state index in [9.17, 15) is 4.79 Å². The Morgan fingerprint density at radius 1 is 1.64 bits per heavy atom. The fourth-order valence-electron chi connectivity index (χ4n) is 2.64. The van der Waals surface area contributed by atoms with E-state index in [1.807, 2.05) is 17.7 Å². The third kappa shape index (κ3) is 2.89. The predicted octanol–water partition coefficient (Wildman–Crippen LogP) is 2.00.